The lowest BCUT2D eigenvalue weighted by atomic mass is 10.1. The van der Waals surface area contributed by atoms with Crippen LogP contribution in [0.1, 0.15) is 37.3 Å². The van der Waals surface area contributed by atoms with Crippen molar-refractivity contribution < 1.29 is 14.3 Å². The summed E-state index contributed by atoms with van der Waals surface area (Å²) in [5.41, 5.74) is 3.21. The van der Waals surface area contributed by atoms with Gasteiger partial charge in [0.2, 0.25) is 5.91 Å². The summed E-state index contributed by atoms with van der Waals surface area (Å²) in [6.07, 6.45) is 3.09. The number of likely N-dealkylation sites (N-methyl/N-ethyl adjacent to an activating group) is 1. The molecule has 2 aromatic rings. The summed E-state index contributed by atoms with van der Waals surface area (Å²) < 4.78 is 5.22. The Kier molecular flexibility index (Phi) is 7.71. The zero-order chi connectivity index (χ0) is 21.3. The molecular formula is C24H31N3O3. The predicted octanol–water partition coefficient (Wildman–Crippen LogP) is 3.95. The van der Waals surface area contributed by atoms with Gasteiger partial charge in [-0.05, 0) is 43.4 Å². The van der Waals surface area contributed by atoms with Crippen molar-refractivity contribution in [3.05, 3.63) is 65.7 Å². The smallest absolute Gasteiger partial charge is 0.408 e. The van der Waals surface area contributed by atoms with Crippen LogP contribution in [0.15, 0.2) is 54.6 Å². The first-order valence-corrected chi connectivity index (χ1v) is 10.6. The van der Waals surface area contributed by atoms with Crippen molar-refractivity contribution in [3.8, 4) is 0 Å². The second kappa shape index (κ2) is 10.7. The fourth-order valence-electron chi connectivity index (χ4n) is 3.76. The highest BCUT2D eigenvalue weighted by Crippen LogP contribution is 2.25. The summed E-state index contributed by atoms with van der Waals surface area (Å²) in [4.78, 5) is 28.9. The summed E-state index contributed by atoms with van der Waals surface area (Å²) >= 11 is 0. The van der Waals surface area contributed by atoms with Gasteiger partial charge in [0.15, 0.2) is 0 Å². The van der Waals surface area contributed by atoms with Crippen molar-refractivity contribution in [2.75, 3.05) is 25.0 Å². The van der Waals surface area contributed by atoms with E-state index in [1.165, 1.54) is 24.9 Å². The first-order valence-electron chi connectivity index (χ1n) is 10.6. The third kappa shape index (κ3) is 5.99. The number of hydrogen-bond acceptors (Lipinski definition) is 4. The maximum atomic E-state index is 12.8. The quantitative estimate of drug-likeness (QED) is 0.752. The molecule has 0 aliphatic carbocycles. The molecule has 30 heavy (non-hydrogen) atoms. The first-order chi connectivity index (χ1) is 14.5. The number of benzene rings is 2. The van der Waals surface area contributed by atoms with Crippen molar-refractivity contribution in [2.24, 2.45) is 0 Å². The van der Waals surface area contributed by atoms with Crippen LogP contribution < -0.4 is 10.2 Å². The van der Waals surface area contributed by atoms with Crippen LogP contribution in [0.5, 0.6) is 0 Å². The number of carbonyl (C=O) groups is 2. The van der Waals surface area contributed by atoms with E-state index in [9.17, 15) is 9.59 Å². The fourth-order valence-corrected chi connectivity index (χ4v) is 3.76. The van der Waals surface area contributed by atoms with Crippen LogP contribution >= 0.6 is 0 Å². The lowest BCUT2D eigenvalue weighted by Gasteiger charge is -2.32. The van der Waals surface area contributed by atoms with Gasteiger partial charge in [-0.15, -0.1) is 0 Å². The number of rotatable bonds is 7. The van der Waals surface area contributed by atoms with Crippen LogP contribution in [0.4, 0.5) is 10.5 Å². The largest absolute Gasteiger partial charge is 0.445 e. The number of nitrogens with one attached hydrogen (secondary N) is 1. The minimum atomic E-state index is -0.666. The van der Waals surface area contributed by atoms with Gasteiger partial charge in [-0.2, -0.15) is 0 Å². The van der Waals surface area contributed by atoms with Gasteiger partial charge in [0, 0.05) is 32.4 Å². The number of para-hydroxylation sites is 1. The molecule has 1 aliphatic heterocycles. The van der Waals surface area contributed by atoms with Gasteiger partial charge in [0.1, 0.15) is 12.6 Å². The van der Waals surface area contributed by atoms with Crippen LogP contribution in [-0.2, 0) is 22.7 Å². The lowest BCUT2D eigenvalue weighted by Crippen LogP contribution is -2.45. The number of nitrogens with zero attached hydrogens (tertiary/aromatic N) is 2. The van der Waals surface area contributed by atoms with Gasteiger partial charge in [0.25, 0.3) is 0 Å². The molecule has 1 heterocycles. The summed E-state index contributed by atoms with van der Waals surface area (Å²) in [5.74, 6) is -0.153. The van der Waals surface area contributed by atoms with Crippen molar-refractivity contribution in [1.29, 1.82) is 0 Å². The summed E-state index contributed by atoms with van der Waals surface area (Å²) in [7, 11) is 1.77. The Bertz CT molecular complexity index is 835. The molecule has 0 radical (unpaired) electrons. The fraction of sp³-hybridized carbons (Fsp3) is 0.417. The molecule has 3 rings (SSSR count). The third-order valence-corrected chi connectivity index (χ3v) is 5.39. The number of alkyl carbamates (subject to hydrolysis) is 1. The Morgan fingerprint density at radius 3 is 2.43 bits per heavy atom. The Morgan fingerprint density at radius 2 is 1.70 bits per heavy atom. The highest BCUT2D eigenvalue weighted by atomic mass is 16.5. The molecule has 1 atom stereocenters. The van der Waals surface area contributed by atoms with Crippen molar-refractivity contribution in [1.82, 2.24) is 10.2 Å². The average Bonchev–Trinajstić information content (AvgIpc) is 2.78. The van der Waals surface area contributed by atoms with Crippen molar-refractivity contribution in [2.45, 2.75) is 45.4 Å². The van der Waals surface area contributed by atoms with Crippen molar-refractivity contribution in [3.63, 3.8) is 0 Å². The number of carbonyl (C=O) groups excluding carboxylic acids is 2. The van der Waals surface area contributed by atoms with Gasteiger partial charge >= 0.3 is 6.09 Å². The molecule has 0 spiro atoms. The van der Waals surface area contributed by atoms with Gasteiger partial charge < -0.3 is 19.9 Å². The molecular weight excluding hydrogens is 378 g/mol. The lowest BCUT2D eigenvalue weighted by molar-refractivity contribution is -0.132. The molecule has 6 heteroatoms. The number of anilines is 1. The molecule has 6 nitrogen and oxygen atoms in total. The van der Waals surface area contributed by atoms with E-state index < -0.39 is 12.1 Å². The van der Waals surface area contributed by atoms with E-state index in [1.54, 1.807) is 18.9 Å². The molecule has 0 unspecified atom stereocenters. The van der Waals surface area contributed by atoms with E-state index >= 15 is 0 Å². The van der Waals surface area contributed by atoms with Crippen LogP contribution in [-0.4, -0.2) is 43.1 Å². The average molecular weight is 410 g/mol. The zero-order valence-corrected chi connectivity index (χ0v) is 17.8. The second-order valence-corrected chi connectivity index (χ2v) is 7.80. The molecule has 0 aromatic heterocycles. The van der Waals surface area contributed by atoms with Gasteiger partial charge in [-0.25, -0.2) is 4.79 Å². The molecule has 1 saturated heterocycles. The topological polar surface area (TPSA) is 61.9 Å². The number of hydrogen-bond donors (Lipinski definition) is 1. The molecule has 0 saturated carbocycles. The highest BCUT2D eigenvalue weighted by Gasteiger charge is 2.22. The highest BCUT2D eigenvalue weighted by molar-refractivity contribution is 5.85. The molecule has 1 aliphatic rings. The monoisotopic (exact) mass is 409 g/mol. The minimum Gasteiger partial charge on any atom is -0.445 e. The molecule has 1 fully saturated rings. The summed E-state index contributed by atoms with van der Waals surface area (Å²) in [6, 6.07) is 17.0. The molecule has 1 N–H and O–H groups in total. The molecule has 2 aromatic carbocycles. The maximum Gasteiger partial charge on any atom is 0.408 e. The van der Waals surface area contributed by atoms with Crippen LogP contribution in [0.3, 0.4) is 0 Å². The molecule has 0 bridgehead atoms. The minimum absolute atomic E-state index is 0.153. The third-order valence-electron chi connectivity index (χ3n) is 5.39. The maximum absolute atomic E-state index is 12.8. The van der Waals surface area contributed by atoms with E-state index in [1.807, 2.05) is 42.5 Å². The Hall–Kier alpha value is -3.02. The van der Waals surface area contributed by atoms with Crippen LogP contribution in [0.25, 0.3) is 0 Å². The Morgan fingerprint density at radius 1 is 1.03 bits per heavy atom. The van der Waals surface area contributed by atoms with Gasteiger partial charge in [-0.3, -0.25) is 4.79 Å². The number of piperidine rings is 1. The number of amides is 2. The standard InChI is InChI=1S/C24H31N3O3/c1-19(25-24(29)30-18-20-11-5-3-6-12-20)23(28)26(2)17-21-13-7-8-14-22(21)27-15-9-4-10-16-27/h3,5-8,11-14,19H,4,9-10,15-18H2,1-2H3,(H,25,29)/t19-/m0/s1. The predicted molar refractivity (Wildman–Crippen MR) is 118 cm³/mol. The normalized spacial score (nSPS) is 14.7. The van der Waals surface area contributed by atoms with Crippen LogP contribution in [0.2, 0.25) is 0 Å². The van der Waals surface area contributed by atoms with E-state index in [-0.39, 0.29) is 12.5 Å². The number of ether oxygens (including phenoxy) is 1. The van der Waals surface area contributed by atoms with E-state index in [4.69, 9.17) is 4.74 Å². The first kappa shape index (κ1) is 21.7. The zero-order valence-electron chi connectivity index (χ0n) is 17.8. The van der Waals surface area contributed by atoms with Gasteiger partial charge in [0.05, 0.1) is 0 Å². The molecule has 2 amide bonds. The van der Waals surface area contributed by atoms with Crippen molar-refractivity contribution >= 4 is 17.7 Å². The Labute approximate surface area is 178 Å². The van der Waals surface area contributed by atoms with E-state index in [0.717, 1.165) is 24.2 Å². The SMILES string of the molecule is C[C@H](NC(=O)OCc1ccccc1)C(=O)N(C)Cc1ccccc1N1CCCCC1. The Balaban J connectivity index is 1.53. The van der Waals surface area contributed by atoms with Gasteiger partial charge in [-0.1, -0.05) is 48.5 Å². The molecule has 160 valence electrons. The van der Waals surface area contributed by atoms with E-state index in [2.05, 4.69) is 22.3 Å². The van der Waals surface area contributed by atoms with Crippen LogP contribution in [0, 0.1) is 0 Å². The second-order valence-electron chi connectivity index (χ2n) is 7.80. The van der Waals surface area contributed by atoms with E-state index in [0.29, 0.717) is 6.54 Å². The summed E-state index contributed by atoms with van der Waals surface area (Å²) in [5, 5.41) is 2.63. The summed E-state index contributed by atoms with van der Waals surface area (Å²) in [6.45, 7) is 4.46.